The van der Waals surface area contributed by atoms with Gasteiger partial charge in [0.15, 0.2) is 0 Å². The number of rotatable bonds is 5. The quantitative estimate of drug-likeness (QED) is 0.900. The fraction of sp³-hybridized carbons (Fsp3) is 0.333. The number of furan rings is 1. The van der Waals surface area contributed by atoms with E-state index in [-0.39, 0.29) is 24.6 Å². The van der Waals surface area contributed by atoms with E-state index in [1.165, 1.54) is 6.07 Å². The number of halogens is 1. The van der Waals surface area contributed by atoms with E-state index in [1.54, 1.807) is 18.2 Å². The van der Waals surface area contributed by atoms with Crippen molar-refractivity contribution in [2.24, 2.45) is 5.73 Å². The maximum atomic E-state index is 13.5. The second-order valence-corrected chi connectivity index (χ2v) is 4.63. The molecule has 0 aliphatic heterocycles. The normalized spacial score (nSPS) is 14.3. The number of hydrogen-bond donors (Lipinski definition) is 1. The second-order valence-electron chi connectivity index (χ2n) is 4.63. The van der Waals surface area contributed by atoms with Crippen molar-refractivity contribution >= 4 is 0 Å². The van der Waals surface area contributed by atoms with E-state index < -0.39 is 0 Å². The number of ether oxygens (including phenoxy) is 1. The van der Waals surface area contributed by atoms with Gasteiger partial charge in [-0.3, -0.25) is 0 Å². The predicted octanol–water partition coefficient (Wildman–Crippen LogP) is 3.33. The smallest absolute Gasteiger partial charge is 0.134 e. The Hall–Kier alpha value is -1.65. The summed E-state index contributed by atoms with van der Waals surface area (Å²) in [5, 5.41) is 0. The lowest BCUT2D eigenvalue weighted by Gasteiger charge is -2.19. The highest BCUT2D eigenvalue weighted by Gasteiger charge is 2.20. The molecule has 1 aromatic carbocycles. The van der Waals surface area contributed by atoms with Crippen molar-refractivity contribution in [3.63, 3.8) is 0 Å². The van der Waals surface area contributed by atoms with Crippen LogP contribution in [0.5, 0.6) is 0 Å². The van der Waals surface area contributed by atoms with Gasteiger partial charge in [0, 0.05) is 11.6 Å². The topological polar surface area (TPSA) is 48.4 Å². The van der Waals surface area contributed by atoms with Crippen molar-refractivity contribution in [1.82, 2.24) is 0 Å². The molecule has 1 aromatic heterocycles. The molecule has 102 valence electrons. The first-order valence-corrected chi connectivity index (χ1v) is 6.25. The van der Waals surface area contributed by atoms with Crippen molar-refractivity contribution < 1.29 is 13.5 Å². The molecular weight excluding hydrogens is 245 g/mol. The molecule has 2 atom stereocenters. The molecule has 0 amide bonds. The van der Waals surface area contributed by atoms with Crippen LogP contribution in [0, 0.1) is 12.7 Å². The minimum absolute atomic E-state index is 0.165. The van der Waals surface area contributed by atoms with Gasteiger partial charge in [-0.1, -0.05) is 18.2 Å². The number of hydrogen-bond acceptors (Lipinski definition) is 3. The lowest BCUT2D eigenvalue weighted by Crippen LogP contribution is -2.26. The van der Waals surface area contributed by atoms with Crippen molar-refractivity contribution in [2.75, 3.05) is 0 Å². The molecule has 2 aromatic rings. The number of nitrogens with two attached hydrogens (primary N) is 1. The molecule has 2 rings (SSSR count). The maximum absolute atomic E-state index is 13.5. The van der Waals surface area contributed by atoms with Crippen LogP contribution in [0.4, 0.5) is 4.39 Å². The van der Waals surface area contributed by atoms with E-state index in [9.17, 15) is 4.39 Å². The molecule has 0 saturated heterocycles. The summed E-state index contributed by atoms with van der Waals surface area (Å²) in [6, 6.07) is 9.99. The summed E-state index contributed by atoms with van der Waals surface area (Å²) in [5.74, 6) is 1.19. The molecule has 4 heteroatoms. The lowest BCUT2D eigenvalue weighted by atomic mass is 10.1. The predicted molar refractivity (Wildman–Crippen MR) is 71.0 cm³/mol. The minimum atomic E-state index is -0.381. The molecule has 2 unspecified atom stereocenters. The summed E-state index contributed by atoms with van der Waals surface area (Å²) in [6.45, 7) is 3.86. The molecule has 19 heavy (non-hydrogen) atoms. The van der Waals surface area contributed by atoms with Crippen LogP contribution in [-0.2, 0) is 11.3 Å². The van der Waals surface area contributed by atoms with Crippen molar-refractivity contribution in [3.05, 3.63) is 59.3 Å². The molecule has 0 spiro atoms. The van der Waals surface area contributed by atoms with Crippen LogP contribution in [0.25, 0.3) is 0 Å². The third kappa shape index (κ3) is 3.43. The maximum Gasteiger partial charge on any atom is 0.134 e. The second kappa shape index (κ2) is 5.99. The van der Waals surface area contributed by atoms with Crippen LogP contribution in [0.3, 0.4) is 0 Å². The van der Waals surface area contributed by atoms with Gasteiger partial charge >= 0.3 is 0 Å². The molecule has 0 aliphatic carbocycles. The van der Waals surface area contributed by atoms with E-state index >= 15 is 0 Å². The molecule has 0 radical (unpaired) electrons. The standard InChI is InChI=1S/C15H18FNO2/c1-10-7-8-14(19-10)15(11(2)17)18-9-12-5-3-4-6-13(12)16/h3-8,11,15H,9,17H2,1-2H3. The average Bonchev–Trinajstić information content (AvgIpc) is 2.78. The Morgan fingerprint density at radius 2 is 2.00 bits per heavy atom. The minimum Gasteiger partial charge on any atom is -0.464 e. The highest BCUT2D eigenvalue weighted by Crippen LogP contribution is 2.24. The summed E-state index contributed by atoms with van der Waals surface area (Å²) in [7, 11) is 0. The van der Waals surface area contributed by atoms with Crippen LogP contribution < -0.4 is 5.73 Å². The van der Waals surface area contributed by atoms with Crippen LogP contribution in [0.15, 0.2) is 40.8 Å². The Morgan fingerprint density at radius 1 is 1.26 bits per heavy atom. The zero-order valence-corrected chi connectivity index (χ0v) is 11.1. The van der Waals surface area contributed by atoms with Gasteiger partial charge in [-0.15, -0.1) is 0 Å². The molecule has 0 aliphatic rings. The monoisotopic (exact) mass is 263 g/mol. The van der Waals surface area contributed by atoms with E-state index in [2.05, 4.69) is 0 Å². The number of aryl methyl sites for hydroxylation is 1. The summed E-state index contributed by atoms with van der Waals surface area (Å²) in [4.78, 5) is 0. The van der Waals surface area contributed by atoms with Gasteiger partial charge in [-0.25, -0.2) is 4.39 Å². The van der Waals surface area contributed by atoms with Crippen LogP contribution in [-0.4, -0.2) is 6.04 Å². The highest BCUT2D eigenvalue weighted by molar-refractivity contribution is 5.16. The van der Waals surface area contributed by atoms with Gasteiger partial charge < -0.3 is 14.9 Å². The van der Waals surface area contributed by atoms with Gasteiger partial charge in [-0.2, -0.15) is 0 Å². The van der Waals surface area contributed by atoms with Crippen LogP contribution in [0.2, 0.25) is 0 Å². The van der Waals surface area contributed by atoms with E-state index in [1.807, 2.05) is 26.0 Å². The number of benzene rings is 1. The molecular formula is C15H18FNO2. The average molecular weight is 263 g/mol. The Bertz CT molecular complexity index is 536. The fourth-order valence-electron chi connectivity index (χ4n) is 1.89. The first kappa shape index (κ1) is 13.8. The van der Waals surface area contributed by atoms with Crippen LogP contribution >= 0.6 is 0 Å². The Morgan fingerprint density at radius 3 is 2.58 bits per heavy atom. The summed E-state index contributed by atoms with van der Waals surface area (Å²) in [5.41, 5.74) is 6.41. The van der Waals surface area contributed by atoms with Gasteiger partial charge in [0.2, 0.25) is 0 Å². The van der Waals surface area contributed by atoms with Gasteiger partial charge in [-0.05, 0) is 32.0 Å². The van der Waals surface area contributed by atoms with Crippen LogP contribution in [0.1, 0.15) is 30.1 Å². The molecule has 0 saturated carbocycles. The van der Waals surface area contributed by atoms with E-state index in [4.69, 9.17) is 14.9 Å². The molecule has 2 N–H and O–H groups in total. The molecule has 0 bridgehead atoms. The van der Waals surface area contributed by atoms with Gasteiger partial charge in [0.05, 0.1) is 6.61 Å². The third-order valence-electron chi connectivity index (χ3n) is 2.90. The Kier molecular flexibility index (Phi) is 4.35. The van der Waals surface area contributed by atoms with Crippen molar-refractivity contribution in [2.45, 2.75) is 32.6 Å². The third-order valence-corrected chi connectivity index (χ3v) is 2.90. The SMILES string of the molecule is Cc1ccc(C(OCc2ccccc2F)C(C)N)o1. The fourth-order valence-corrected chi connectivity index (χ4v) is 1.89. The molecule has 1 heterocycles. The summed E-state index contributed by atoms with van der Waals surface area (Å²) >= 11 is 0. The largest absolute Gasteiger partial charge is 0.464 e. The Balaban J connectivity index is 2.08. The first-order valence-electron chi connectivity index (χ1n) is 6.25. The first-order chi connectivity index (χ1) is 9.08. The molecule has 3 nitrogen and oxygen atoms in total. The van der Waals surface area contributed by atoms with E-state index in [0.29, 0.717) is 11.3 Å². The van der Waals surface area contributed by atoms with Crippen molar-refractivity contribution in [1.29, 1.82) is 0 Å². The lowest BCUT2D eigenvalue weighted by molar-refractivity contribution is 0.0102. The van der Waals surface area contributed by atoms with Gasteiger partial charge in [0.1, 0.15) is 23.4 Å². The van der Waals surface area contributed by atoms with Gasteiger partial charge in [0.25, 0.3) is 0 Å². The summed E-state index contributed by atoms with van der Waals surface area (Å²) < 4.78 is 24.8. The zero-order chi connectivity index (χ0) is 13.8. The molecule has 0 fully saturated rings. The Labute approximate surface area is 112 Å². The zero-order valence-electron chi connectivity index (χ0n) is 11.1. The highest BCUT2D eigenvalue weighted by atomic mass is 19.1. The summed E-state index contributed by atoms with van der Waals surface area (Å²) in [6.07, 6.45) is -0.381. The van der Waals surface area contributed by atoms with E-state index in [0.717, 1.165) is 5.76 Å². The van der Waals surface area contributed by atoms with Crippen molar-refractivity contribution in [3.8, 4) is 0 Å².